The summed E-state index contributed by atoms with van der Waals surface area (Å²) in [4.78, 5) is 0. The number of H-pyrrole nitrogens is 1. The molecule has 0 saturated heterocycles. The van der Waals surface area contributed by atoms with Crippen LogP contribution in [0.5, 0.6) is 0 Å². The van der Waals surface area contributed by atoms with Crippen molar-refractivity contribution in [2.75, 3.05) is 0 Å². The third-order valence-electron chi connectivity index (χ3n) is 0.814. The molecule has 0 spiro atoms. The first kappa shape index (κ1) is 7.16. The zero-order valence-corrected chi connectivity index (χ0v) is 5.80. The van der Waals surface area contributed by atoms with Crippen LogP contribution in [0.1, 0.15) is 5.69 Å². The van der Waals surface area contributed by atoms with Gasteiger partial charge in [0.15, 0.2) is 0 Å². The lowest BCUT2D eigenvalue weighted by Crippen LogP contribution is -2.14. The van der Waals surface area contributed by atoms with E-state index in [-0.39, 0.29) is 5.75 Å². The molecular weight excluding hydrogens is 156 g/mol. The molecule has 0 aliphatic heterocycles. The number of hydrogen-bond acceptors (Lipinski definition) is 4. The minimum atomic E-state index is -3.47. The molecule has 10 heavy (non-hydrogen) atoms. The van der Waals surface area contributed by atoms with E-state index in [1.54, 1.807) is 0 Å². The molecular formula is C3H6N4O2S. The van der Waals surface area contributed by atoms with Crippen LogP contribution in [0, 0.1) is 0 Å². The highest BCUT2D eigenvalue weighted by atomic mass is 32.2. The maximum Gasteiger partial charge on any atom is 0.214 e. The molecule has 0 fully saturated rings. The van der Waals surface area contributed by atoms with Crippen molar-refractivity contribution in [3.8, 4) is 0 Å². The lowest BCUT2D eigenvalue weighted by molar-refractivity contribution is 0.596. The first-order chi connectivity index (χ1) is 4.58. The summed E-state index contributed by atoms with van der Waals surface area (Å²) in [6.07, 6.45) is 1.31. The van der Waals surface area contributed by atoms with Crippen LogP contribution in [-0.4, -0.2) is 23.8 Å². The molecule has 1 aromatic rings. The first-order valence-corrected chi connectivity index (χ1v) is 4.14. The second-order valence-corrected chi connectivity index (χ2v) is 3.38. The lowest BCUT2D eigenvalue weighted by atomic mass is 10.6. The summed E-state index contributed by atoms with van der Waals surface area (Å²) in [7, 11) is -3.47. The van der Waals surface area contributed by atoms with Crippen LogP contribution < -0.4 is 5.14 Å². The zero-order chi connectivity index (χ0) is 7.61. The van der Waals surface area contributed by atoms with Crippen molar-refractivity contribution in [1.82, 2.24) is 15.4 Å². The van der Waals surface area contributed by atoms with Gasteiger partial charge < -0.3 is 0 Å². The van der Waals surface area contributed by atoms with Gasteiger partial charge in [-0.25, -0.2) is 13.6 Å². The third kappa shape index (κ3) is 2.11. The fourth-order valence-corrected chi connectivity index (χ4v) is 1.05. The van der Waals surface area contributed by atoms with Crippen molar-refractivity contribution >= 4 is 10.0 Å². The zero-order valence-electron chi connectivity index (χ0n) is 4.98. The van der Waals surface area contributed by atoms with E-state index in [1.165, 1.54) is 6.20 Å². The Morgan fingerprint density at radius 1 is 1.70 bits per heavy atom. The average Bonchev–Trinajstić information content (AvgIpc) is 2.12. The summed E-state index contributed by atoms with van der Waals surface area (Å²) < 4.78 is 20.8. The number of aromatic amines is 1. The van der Waals surface area contributed by atoms with Gasteiger partial charge in [0.05, 0.1) is 11.9 Å². The highest BCUT2D eigenvalue weighted by molar-refractivity contribution is 7.88. The van der Waals surface area contributed by atoms with Gasteiger partial charge >= 0.3 is 0 Å². The summed E-state index contributed by atoms with van der Waals surface area (Å²) in [5.74, 6) is -0.274. The van der Waals surface area contributed by atoms with Crippen molar-refractivity contribution in [2.24, 2.45) is 5.14 Å². The molecule has 0 aliphatic rings. The molecule has 1 aromatic heterocycles. The van der Waals surface area contributed by atoms with Gasteiger partial charge in [-0.05, 0) is 0 Å². The number of nitrogens with one attached hydrogen (secondary N) is 1. The van der Waals surface area contributed by atoms with Crippen molar-refractivity contribution in [2.45, 2.75) is 5.75 Å². The molecule has 1 rings (SSSR count). The highest BCUT2D eigenvalue weighted by Crippen LogP contribution is 1.93. The number of sulfonamides is 1. The Kier molecular flexibility index (Phi) is 1.68. The molecule has 1 heterocycles. The summed E-state index contributed by atoms with van der Waals surface area (Å²) in [6, 6.07) is 0. The number of primary sulfonamides is 1. The maximum atomic E-state index is 10.4. The normalized spacial score (nSPS) is 11.7. The van der Waals surface area contributed by atoms with E-state index in [0.717, 1.165) is 0 Å². The van der Waals surface area contributed by atoms with Crippen molar-refractivity contribution in [1.29, 1.82) is 0 Å². The van der Waals surface area contributed by atoms with Crippen LogP contribution in [-0.2, 0) is 15.8 Å². The van der Waals surface area contributed by atoms with Gasteiger partial charge in [-0.15, -0.1) is 0 Å². The summed E-state index contributed by atoms with van der Waals surface area (Å²) in [5, 5.41) is 13.9. The van der Waals surface area contributed by atoms with Gasteiger partial charge in [0, 0.05) is 0 Å². The quantitative estimate of drug-likeness (QED) is 0.557. The minimum Gasteiger partial charge on any atom is -0.228 e. The Morgan fingerprint density at radius 3 is 2.80 bits per heavy atom. The van der Waals surface area contributed by atoms with Gasteiger partial charge in [-0.3, -0.25) is 0 Å². The molecule has 0 aliphatic carbocycles. The smallest absolute Gasteiger partial charge is 0.214 e. The molecule has 6 nitrogen and oxygen atoms in total. The van der Waals surface area contributed by atoms with Crippen molar-refractivity contribution < 1.29 is 8.42 Å². The first-order valence-electron chi connectivity index (χ1n) is 2.43. The molecule has 0 atom stereocenters. The van der Waals surface area contributed by atoms with Crippen LogP contribution in [0.25, 0.3) is 0 Å². The monoisotopic (exact) mass is 162 g/mol. The van der Waals surface area contributed by atoms with E-state index >= 15 is 0 Å². The fraction of sp³-hybridized carbons (Fsp3) is 0.333. The molecule has 0 unspecified atom stereocenters. The van der Waals surface area contributed by atoms with Gasteiger partial charge in [-0.2, -0.15) is 15.4 Å². The van der Waals surface area contributed by atoms with E-state index in [4.69, 9.17) is 5.14 Å². The van der Waals surface area contributed by atoms with Crippen LogP contribution in [0.3, 0.4) is 0 Å². The van der Waals surface area contributed by atoms with Gasteiger partial charge in [0.25, 0.3) is 0 Å². The second kappa shape index (κ2) is 2.35. The Hall–Kier alpha value is -0.950. The second-order valence-electron chi connectivity index (χ2n) is 1.77. The van der Waals surface area contributed by atoms with Crippen LogP contribution in [0.2, 0.25) is 0 Å². The molecule has 0 amide bonds. The Morgan fingerprint density at radius 2 is 2.40 bits per heavy atom. The summed E-state index contributed by atoms with van der Waals surface area (Å²) >= 11 is 0. The standard InChI is InChI=1S/C3H6N4O2S/c4-10(8,9)2-3-1-5-7-6-3/h1H,2H2,(H2,4,8,9)(H,5,6,7). The van der Waals surface area contributed by atoms with Crippen molar-refractivity contribution in [3.05, 3.63) is 11.9 Å². The molecule has 7 heteroatoms. The van der Waals surface area contributed by atoms with E-state index in [1.807, 2.05) is 0 Å². The Bertz CT molecular complexity index is 288. The minimum absolute atomic E-state index is 0.274. The highest BCUT2D eigenvalue weighted by Gasteiger charge is 2.05. The van der Waals surface area contributed by atoms with Gasteiger partial charge in [-0.1, -0.05) is 0 Å². The number of rotatable bonds is 2. The van der Waals surface area contributed by atoms with Crippen LogP contribution in [0.15, 0.2) is 6.20 Å². The topological polar surface area (TPSA) is 102 Å². The molecule has 0 radical (unpaired) electrons. The number of aromatic nitrogens is 3. The van der Waals surface area contributed by atoms with E-state index in [2.05, 4.69) is 15.4 Å². The predicted octanol–water partition coefficient (Wildman–Crippen LogP) is -1.41. The largest absolute Gasteiger partial charge is 0.228 e. The Balaban J connectivity index is 2.75. The Labute approximate surface area is 57.5 Å². The van der Waals surface area contributed by atoms with Gasteiger partial charge in [0.2, 0.25) is 10.0 Å². The third-order valence-corrected chi connectivity index (χ3v) is 1.51. The predicted molar refractivity (Wildman–Crippen MR) is 33.2 cm³/mol. The van der Waals surface area contributed by atoms with E-state index < -0.39 is 10.0 Å². The molecule has 3 N–H and O–H groups in total. The molecule has 0 saturated carbocycles. The van der Waals surface area contributed by atoms with Gasteiger partial charge in [0.1, 0.15) is 5.75 Å². The lowest BCUT2D eigenvalue weighted by Gasteiger charge is -1.88. The number of nitrogens with zero attached hydrogens (tertiary/aromatic N) is 2. The van der Waals surface area contributed by atoms with Crippen molar-refractivity contribution in [3.63, 3.8) is 0 Å². The average molecular weight is 162 g/mol. The van der Waals surface area contributed by atoms with Crippen LogP contribution >= 0.6 is 0 Å². The molecule has 0 aromatic carbocycles. The maximum absolute atomic E-state index is 10.4. The van der Waals surface area contributed by atoms with E-state index in [0.29, 0.717) is 5.69 Å². The molecule has 56 valence electrons. The fourth-order valence-electron chi connectivity index (χ4n) is 0.501. The molecule has 0 bridgehead atoms. The number of nitrogens with two attached hydrogens (primary N) is 1. The summed E-state index contributed by atoms with van der Waals surface area (Å²) in [5.41, 5.74) is 0.322. The SMILES string of the molecule is NS(=O)(=O)Cc1cn[nH]n1. The van der Waals surface area contributed by atoms with E-state index in [9.17, 15) is 8.42 Å². The number of hydrogen-bond donors (Lipinski definition) is 2. The van der Waals surface area contributed by atoms with Crippen LogP contribution in [0.4, 0.5) is 0 Å². The summed E-state index contributed by atoms with van der Waals surface area (Å²) in [6.45, 7) is 0.